The van der Waals surface area contributed by atoms with E-state index in [9.17, 15) is 0 Å². The van der Waals surface area contributed by atoms with Gasteiger partial charge in [-0.1, -0.05) is 0 Å². The highest BCUT2D eigenvalue weighted by atomic mass is 79.9. The smallest absolute Gasteiger partial charge is 0.300 e. The highest BCUT2D eigenvalue weighted by molar-refractivity contribution is 8.93. The van der Waals surface area contributed by atoms with Crippen molar-refractivity contribution in [3.63, 3.8) is 0 Å². The molecule has 1 N–H and O–H groups in total. The minimum Gasteiger partial charge on any atom is -0.481 e. The van der Waals surface area contributed by atoms with E-state index < -0.39 is 5.97 Å². The Morgan fingerprint density at radius 1 is 1.67 bits per heavy atom. The van der Waals surface area contributed by atoms with Crippen LogP contribution in [0.2, 0.25) is 0 Å². The number of aliphatic carboxylic acids is 1. The van der Waals surface area contributed by atoms with Gasteiger partial charge in [-0.05, 0) is 0 Å². The number of hydrogen-bond acceptors (Lipinski definition) is 1. The van der Waals surface area contributed by atoms with E-state index in [1.807, 2.05) is 0 Å². The zero-order valence-corrected chi connectivity index (χ0v) is 5.70. The molecule has 0 aromatic heterocycles. The standard InChI is InChI=1S/C2H4O2.BrH.ClH/c1-2(3)4;;/h1H3,(H,3,4);2*1H. The SMILES string of the molecule is Br.CC(=O)O.Cl. The van der Waals surface area contributed by atoms with Crippen molar-refractivity contribution >= 4 is 35.4 Å². The Labute approximate surface area is 52.7 Å². The second-order valence-electron chi connectivity index (χ2n) is 0.519. The van der Waals surface area contributed by atoms with Gasteiger partial charge in [0.2, 0.25) is 0 Å². The molecule has 0 saturated carbocycles. The van der Waals surface area contributed by atoms with Crippen molar-refractivity contribution in [2.45, 2.75) is 6.92 Å². The quantitative estimate of drug-likeness (QED) is 0.601. The zero-order chi connectivity index (χ0) is 3.58. The molecule has 0 aromatic rings. The number of hydrogen-bond donors (Lipinski definition) is 1. The van der Waals surface area contributed by atoms with Crippen LogP contribution in [0.4, 0.5) is 0 Å². The maximum atomic E-state index is 9.00. The lowest BCUT2D eigenvalue weighted by Gasteiger charge is -1.59. The fourth-order valence-electron chi connectivity index (χ4n) is 0. The predicted molar refractivity (Wildman–Crippen MR) is 30.9 cm³/mol. The van der Waals surface area contributed by atoms with Crippen LogP contribution in [-0.4, -0.2) is 11.1 Å². The number of carboxylic acid groups (broad SMARTS) is 1. The number of carbonyl (C=O) groups is 1. The van der Waals surface area contributed by atoms with Crippen molar-refractivity contribution in [1.82, 2.24) is 0 Å². The molecular weight excluding hydrogens is 171 g/mol. The van der Waals surface area contributed by atoms with Crippen molar-refractivity contribution in [2.75, 3.05) is 0 Å². The molecule has 0 spiro atoms. The molecule has 4 heteroatoms. The molecule has 0 aliphatic heterocycles. The molecule has 0 amide bonds. The normalized spacial score (nSPS) is 4.17. The van der Waals surface area contributed by atoms with Crippen LogP contribution in [0.1, 0.15) is 6.92 Å². The zero-order valence-electron chi connectivity index (χ0n) is 3.17. The van der Waals surface area contributed by atoms with Gasteiger partial charge in [-0.25, -0.2) is 0 Å². The summed E-state index contributed by atoms with van der Waals surface area (Å²) in [6.45, 7) is 1.08. The van der Waals surface area contributed by atoms with Gasteiger partial charge in [0.15, 0.2) is 0 Å². The van der Waals surface area contributed by atoms with E-state index in [0.29, 0.717) is 0 Å². The van der Waals surface area contributed by atoms with Crippen LogP contribution in [0.3, 0.4) is 0 Å². The summed E-state index contributed by atoms with van der Waals surface area (Å²) >= 11 is 0. The molecule has 0 unspecified atom stereocenters. The van der Waals surface area contributed by atoms with Gasteiger partial charge in [0.25, 0.3) is 5.97 Å². The monoisotopic (exact) mass is 176 g/mol. The minimum absolute atomic E-state index is 0. The van der Waals surface area contributed by atoms with Crippen molar-refractivity contribution in [2.24, 2.45) is 0 Å². The van der Waals surface area contributed by atoms with Crippen LogP contribution in [-0.2, 0) is 4.79 Å². The third-order valence-electron chi connectivity index (χ3n) is 0. The molecule has 0 aliphatic carbocycles. The summed E-state index contributed by atoms with van der Waals surface area (Å²) in [5.41, 5.74) is 0. The second kappa shape index (κ2) is 8.97. The summed E-state index contributed by atoms with van der Waals surface area (Å²) in [5, 5.41) is 7.42. The lowest BCUT2D eigenvalue weighted by Crippen LogP contribution is -1.78. The molecular formula is C2H6BrClO2. The van der Waals surface area contributed by atoms with Gasteiger partial charge in [0, 0.05) is 6.92 Å². The minimum atomic E-state index is -0.833. The van der Waals surface area contributed by atoms with Gasteiger partial charge in [0.05, 0.1) is 0 Å². The highest BCUT2D eigenvalue weighted by Crippen LogP contribution is 1.42. The van der Waals surface area contributed by atoms with E-state index >= 15 is 0 Å². The Morgan fingerprint density at radius 3 is 1.67 bits per heavy atom. The van der Waals surface area contributed by atoms with Gasteiger partial charge in [-0.2, -0.15) is 0 Å². The van der Waals surface area contributed by atoms with E-state index in [4.69, 9.17) is 9.90 Å². The molecule has 0 rings (SSSR count). The maximum absolute atomic E-state index is 9.00. The number of halogens is 2. The summed E-state index contributed by atoms with van der Waals surface area (Å²) in [6.07, 6.45) is 0. The lowest BCUT2D eigenvalue weighted by atomic mass is 10.9. The van der Waals surface area contributed by atoms with Crippen LogP contribution in [0.15, 0.2) is 0 Å². The van der Waals surface area contributed by atoms with E-state index in [-0.39, 0.29) is 29.4 Å². The van der Waals surface area contributed by atoms with E-state index in [2.05, 4.69) is 0 Å². The largest absolute Gasteiger partial charge is 0.481 e. The van der Waals surface area contributed by atoms with E-state index in [1.54, 1.807) is 0 Å². The third-order valence-corrected chi connectivity index (χ3v) is 0. The lowest BCUT2D eigenvalue weighted by molar-refractivity contribution is -0.134. The summed E-state index contributed by atoms with van der Waals surface area (Å²) < 4.78 is 0. The fourth-order valence-corrected chi connectivity index (χ4v) is 0. The molecule has 0 heterocycles. The second-order valence-corrected chi connectivity index (χ2v) is 0.519. The predicted octanol–water partition coefficient (Wildman–Crippen LogP) is 1.09. The van der Waals surface area contributed by atoms with E-state index in [0.717, 1.165) is 6.92 Å². The Hall–Kier alpha value is 0.240. The molecule has 0 fully saturated rings. The Morgan fingerprint density at radius 2 is 1.67 bits per heavy atom. The molecule has 0 radical (unpaired) electrons. The molecule has 2 nitrogen and oxygen atoms in total. The average Bonchev–Trinajstić information content (AvgIpc) is 0.811. The average molecular weight is 177 g/mol. The molecule has 0 bridgehead atoms. The Bertz CT molecular complexity index is 34.5. The number of carboxylic acids is 1. The van der Waals surface area contributed by atoms with Gasteiger partial charge in [-0.15, -0.1) is 29.4 Å². The molecule has 0 atom stereocenters. The van der Waals surface area contributed by atoms with Gasteiger partial charge >= 0.3 is 0 Å². The molecule has 0 saturated heterocycles. The first kappa shape index (κ1) is 16.3. The first-order valence-electron chi connectivity index (χ1n) is 0.928. The van der Waals surface area contributed by atoms with Crippen LogP contribution >= 0.6 is 29.4 Å². The van der Waals surface area contributed by atoms with Crippen LogP contribution in [0.5, 0.6) is 0 Å². The van der Waals surface area contributed by atoms with Crippen LogP contribution in [0.25, 0.3) is 0 Å². The highest BCUT2D eigenvalue weighted by Gasteiger charge is 1.65. The van der Waals surface area contributed by atoms with Crippen molar-refractivity contribution in [3.8, 4) is 0 Å². The van der Waals surface area contributed by atoms with Crippen LogP contribution in [0, 0.1) is 0 Å². The van der Waals surface area contributed by atoms with E-state index in [1.165, 1.54) is 0 Å². The summed E-state index contributed by atoms with van der Waals surface area (Å²) in [6, 6.07) is 0. The molecule has 0 aliphatic rings. The number of rotatable bonds is 0. The van der Waals surface area contributed by atoms with Gasteiger partial charge in [0.1, 0.15) is 0 Å². The van der Waals surface area contributed by atoms with Crippen molar-refractivity contribution < 1.29 is 9.90 Å². The molecule has 0 aromatic carbocycles. The summed E-state index contributed by atoms with van der Waals surface area (Å²) in [5.74, 6) is -0.833. The Kier molecular flexibility index (Phi) is 24.4. The summed E-state index contributed by atoms with van der Waals surface area (Å²) in [4.78, 5) is 9.00. The maximum Gasteiger partial charge on any atom is 0.300 e. The fraction of sp³-hybridized carbons (Fsp3) is 0.500. The van der Waals surface area contributed by atoms with Gasteiger partial charge in [-0.3, -0.25) is 4.79 Å². The molecule has 40 valence electrons. The first-order valence-corrected chi connectivity index (χ1v) is 0.928. The van der Waals surface area contributed by atoms with Crippen LogP contribution < -0.4 is 0 Å². The van der Waals surface area contributed by atoms with Crippen molar-refractivity contribution in [1.29, 1.82) is 0 Å². The third kappa shape index (κ3) is 773. The Balaban J connectivity index is -0.0000000450. The first-order chi connectivity index (χ1) is 1.73. The summed E-state index contributed by atoms with van der Waals surface area (Å²) in [7, 11) is 0. The van der Waals surface area contributed by atoms with Crippen molar-refractivity contribution in [3.05, 3.63) is 0 Å². The topological polar surface area (TPSA) is 37.3 Å². The molecule has 6 heavy (non-hydrogen) atoms. The van der Waals surface area contributed by atoms with Gasteiger partial charge < -0.3 is 5.11 Å².